The highest BCUT2D eigenvalue weighted by Crippen LogP contribution is 2.22. The van der Waals surface area contributed by atoms with Crippen LogP contribution in [-0.2, 0) is 4.74 Å². The van der Waals surface area contributed by atoms with Crippen molar-refractivity contribution in [2.45, 2.75) is 24.1 Å². The van der Waals surface area contributed by atoms with Crippen LogP contribution in [-0.4, -0.2) is 23.8 Å². The van der Waals surface area contributed by atoms with Gasteiger partial charge in [0.15, 0.2) is 0 Å². The summed E-state index contributed by atoms with van der Waals surface area (Å²) in [5.74, 6) is -0.0481. The van der Waals surface area contributed by atoms with Crippen LogP contribution < -0.4 is 0 Å². The first-order valence-electron chi connectivity index (χ1n) is 4.94. The molecule has 0 bridgehead atoms. The zero-order valence-electron chi connectivity index (χ0n) is 9.20. The standard InChI is InChI=1S/C11H13F3O2S/c1-8(15)9-2-4-10(5-3-9)17-7-16-6-11(12,13)14/h2-5,8,15H,6-7H2,1H3. The molecule has 0 aliphatic carbocycles. The highest BCUT2D eigenvalue weighted by molar-refractivity contribution is 7.99. The normalized spacial score (nSPS) is 13.7. The Morgan fingerprint density at radius 2 is 1.88 bits per heavy atom. The molecule has 1 aromatic rings. The van der Waals surface area contributed by atoms with Crippen molar-refractivity contribution < 1.29 is 23.0 Å². The summed E-state index contributed by atoms with van der Waals surface area (Å²) >= 11 is 1.18. The molecule has 1 N–H and O–H groups in total. The lowest BCUT2D eigenvalue weighted by atomic mass is 10.1. The van der Waals surface area contributed by atoms with Crippen molar-refractivity contribution >= 4 is 11.8 Å². The Morgan fingerprint density at radius 1 is 1.29 bits per heavy atom. The summed E-state index contributed by atoms with van der Waals surface area (Å²) < 4.78 is 39.8. The summed E-state index contributed by atoms with van der Waals surface area (Å²) in [7, 11) is 0. The van der Waals surface area contributed by atoms with E-state index in [1.165, 1.54) is 11.8 Å². The lowest BCUT2D eigenvalue weighted by Gasteiger charge is -2.08. The molecule has 0 aromatic heterocycles. The summed E-state index contributed by atoms with van der Waals surface area (Å²) in [6, 6.07) is 6.95. The van der Waals surface area contributed by atoms with Gasteiger partial charge in [-0.1, -0.05) is 23.9 Å². The Kier molecular flexibility index (Phi) is 5.30. The van der Waals surface area contributed by atoms with Gasteiger partial charge in [0.05, 0.1) is 12.0 Å². The molecular weight excluding hydrogens is 253 g/mol. The minimum atomic E-state index is -4.28. The minimum absolute atomic E-state index is 0.0481. The zero-order valence-corrected chi connectivity index (χ0v) is 10.0. The predicted molar refractivity (Wildman–Crippen MR) is 59.8 cm³/mol. The second-order valence-electron chi connectivity index (χ2n) is 3.47. The Morgan fingerprint density at radius 3 is 2.35 bits per heavy atom. The van der Waals surface area contributed by atoms with Gasteiger partial charge in [0.2, 0.25) is 0 Å². The molecule has 17 heavy (non-hydrogen) atoms. The number of rotatable bonds is 5. The van der Waals surface area contributed by atoms with Crippen molar-refractivity contribution in [1.82, 2.24) is 0 Å². The molecule has 0 radical (unpaired) electrons. The van der Waals surface area contributed by atoms with Gasteiger partial charge in [0.1, 0.15) is 6.61 Å². The molecule has 0 saturated carbocycles. The molecule has 0 amide bonds. The summed E-state index contributed by atoms with van der Waals surface area (Å²) in [5, 5.41) is 9.26. The van der Waals surface area contributed by atoms with Crippen LogP contribution in [0.4, 0.5) is 13.2 Å². The van der Waals surface area contributed by atoms with Crippen molar-refractivity contribution in [2.24, 2.45) is 0 Å². The molecule has 0 fully saturated rings. The van der Waals surface area contributed by atoms with E-state index in [2.05, 4.69) is 4.74 Å². The van der Waals surface area contributed by atoms with E-state index in [-0.39, 0.29) is 5.94 Å². The largest absolute Gasteiger partial charge is 0.411 e. The van der Waals surface area contributed by atoms with E-state index < -0.39 is 18.9 Å². The number of aliphatic hydroxyl groups excluding tert-OH is 1. The van der Waals surface area contributed by atoms with Crippen LogP contribution >= 0.6 is 11.8 Å². The number of ether oxygens (including phenoxy) is 1. The molecule has 1 atom stereocenters. The Labute approximate surface area is 102 Å². The Bertz CT molecular complexity index is 336. The van der Waals surface area contributed by atoms with Gasteiger partial charge in [-0.2, -0.15) is 13.2 Å². The lowest BCUT2D eigenvalue weighted by molar-refractivity contribution is -0.168. The number of alkyl halides is 3. The van der Waals surface area contributed by atoms with E-state index in [0.717, 1.165) is 10.5 Å². The average molecular weight is 266 g/mol. The molecule has 6 heteroatoms. The van der Waals surface area contributed by atoms with Gasteiger partial charge in [0, 0.05) is 4.90 Å². The van der Waals surface area contributed by atoms with E-state index in [4.69, 9.17) is 0 Å². The van der Waals surface area contributed by atoms with Gasteiger partial charge in [-0.25, -0.2) is 0 Å². The van der Waals surface area contributed by atoms with Crippen LogP contribution in [0, 0.1) is 0 Å². The summed E-state index contributed by atoms with van der Waals surface area (Å²) in [6.45, 7) is 0.417. The molecule has 0 saturated heterocycles. The third-order valence-electron chi connectivity index (χ3n) is 1.94. The number of thioether (sulfide) groups is 1. The number of aliphatic hydroxyl groups is 1. The summed E-state index contributed by atoms with van der Waals surface area (Å²) in [4.78, 5) is 0.802. The maximum Gasteiger partial charge on any atom is 0.411 e. The second kappa shape index (κ2) is 6.28. The number of hydrogen-bond acceptors (Lipinski definition) is 3. The maximum atomic E-state index is 11.8. The molecule has 2 nitrogen and oxygen atoms in total. The number of benzene rings is 1. The van der Waals surface area contributed by atoms with E-state index >= 15 is 0 Å². The topological polar surface area (TPSA) is 29.5 Å². The van der Waals surface area contributed by atoms with Crippen molar-refractivity contribution in [3.63, 3.8) is 0 Å². The fourth-order valence-electron chi connectivity index (χ4n) is 1.11. The highest BCUT2D eigenvalue weighted by Gasteiger charge is 2.27. The van der Waals surface area contributed by atoms with Crippen LogP contribution in [0.2, 0.25) is 0 Å². The second-order valence-corrected chi connectivity index (χ2v) is 4.47. The molecule has 1 rings (SSSR count). The van der Waals surface area contributed by atoms with Gasteiger partial charge in [-0.3, -0.25) is 0 Å². The van der Waals surface area contributed by atoms with Gasteiger partial charge >= 0.3 is 6.18 Å². The molecule has 0 heterocycles. The van der Waals surface area contributed by atoms with Crippen molar-refractivity contribution in [3.05, 3.63) is 29.8 Å². The third kappa shape index (κ3) is 5.95. The smallest absolute Gasteiger partial charge is 0.389 e. The Balaban J connectivity index is 2.33. The van der Waals surface area contributed by atoms with E-state index in [9.17, 15) is 18.3 Å². The predicted octanol–water partition coefficient (Wildman–Crippen LogP) is 3.37. The van der Waals surface area contributed by atoms with Crippen molar-refractivity contribution in [3.8, 4) is 0 Å². The first kappa shape index (κ1) is 14.3. The van der Waals surface area contributed by atoms with E-state index in [1.54, 1.807) is 31.2 Å². The number of hydrogen-bond donors (Lipinski definition) is 1. The van der Waals surface area contributed by atoms with Crippen LogP contribution in [0.1, 0.15) is 18.6 Å². The Hall–Kier alpha value is -0.720. The first-order chi connectivity index (χ1) is 7.88. The van der Waals surface area contributed by atoms with Crippen LogP contribution in [0.25, 0.3) is 0 Å². The van der Waals surface area contributed by atoms with Gasteiger partial charge in [0.25, 0.3) is 0 Å². The molecule has 1 aromatic carbocycles. The molecule has 0 spiro atoms. The van der Waals surface area contributed by atoms with Gasteiger partial charge < -0.3 is 9.84 Å². The number of halogens is 3. The van der Waals surface area contributed by atoms with Gasteiger partial charge in [-0.05, 0) is 24.6 Å². The first-order valence-corrected chi connectivity index (χ1v) is 5.92. The van der Waals surface area contributed by atoms with Crippen LogP contribution in [0.5, 0.6) is 0 Å². The fourth-order valence-corrected chi connectivity index (χ4v) is 1.74. The molecular formula is C11H13F3O2S. The average Bonchev–Trinajstić information content (AvgIpc) is 2.24. The third-order valence-corrected chi connectivity index (χ3v) is 2.83. The zero-order chi connectivity index (χ0) is 12.9. The lowest BCUT2D eigenvalue weighted by Crippen LogP contribution is -2.16. The van der Waals surface area contributed by atoms with E-state index in [0.29, 0.717) is 0 Å². The summed E-state index contributed by atoms with van der Waals surface area (Å²) in [6.07, 6.45) is -4.83. The van der Waals surface area contributed by atoms with E-state index in [1.807, 2.05) is 0 Å². The van der Waals surface area contributed by atoms with Gasteiger partial charge in [-0.15, -0.1) is 0 Å². The molecule has 96 valence electrons. The maximum absolute atomic E-state index is 11.8. The molecule has 1 unspecified atom stereocenters. The van der Waals surface area contributed by atoms with Crippen LogP contribution in [0.3, 0.4) is 0 Å². The minimum Gasteiger partial charge on any atom is -0.389 e. The quantitative estimate of drug-likeness (QED) is 0.503. The fraction of sp³-hybridized carbons (Fsp3) is 0.455. The SMILES string of the molecule is CC(O)c1ccc(SCOCC(F)(F)F)cc1. The van der Waals surface area contributed by atoms with Crippen molar-refractivity contribution in [1.29, 1.82) is 0 Å². The molecule has 0 aliphatic rings. The monoisotopic (exact) mass is 266 g/mol. The highest BCUT2D eigenvalue weighted by atomic mass is 32.2. The molecule has 0 aliphatic heterocycles. The summed E-state index contributed by atoms with van der Waals surface area (Å²) in [5.41, 5.74) is 0.769. The van der Waals surface area contributed by atoms with Crippen LogP contribution in [0.15, 0.2) is 29.2 Å². The van der Waals surface area contributed by atoms with Crippen molar-refractivity contribution in [2.75, 3.05) is 12.5 Å².